The summed E-state index contributed by atoms with van der Waals surface area (Å²) >= 11 is 0. The lowest BCUT2D eigenvalue weighted by atomic mass is 10.0. The zero-order chi connectivity index (χ0) is 20.2. The number of aromatic nitrogens is 1. The number of nitrogens with zero attached hydrogens (tertiary/aromatic N) is 2. The van der Waals surface area contributed by atoms with Crippen molar-refractivity contribution >= 4 is 28.3 Å². The first-order chi connectivity index (χ1) is 14.1. The van der Waals surface area contributed by atoms with Crippen LogP contribution in [0.15, 0.2) is 54.6 Å². The second-order valence-corrected chi connectivity index (χ2v) is 7.74. The van der Waals surface area contributed by atoms with Crippen LogP contribution < -0.4 is 15.0 Å². The van der Waals surface area contributed by atoms with Crippen LogP contribution in [0, 0.1) is 6.92 Å². The van der Waals surface area contributed by atoms with Gasteiger partial charge in [0.15, 0.2) is 6.61 Å². The van der Waals surface area contributed by atoms with Gasteiger partial charge in [0, 0.05) is 23.7 Å². The highest BCUT2D eigenvalue weighted by atomic mass is 16.5. The number of ether oxygens (including phenoxy) is 1. The number of nitrogens with one attached hydrogen (secondary N) is 1. The van der Waals surface area contributed by atoms with Crippen molar-refractivity contribution in [1.82, 2.24) is 4.98 Å². The van der Waals surface area contributed by atoms with Gasteiger partial charge in [-0.2, -0.15) is 0 Å². The van der Waals surface area contributed by atoms with E-state index in [4.69, 9.17) is 9.72 Å². The first-order valence-corrected chi connectivity index (χ1v) is 10.3. The van der Waals surface area contributed by atoms with E-state index >= 15 is 0 Å². The van der Waals surface area contributed by atoms with E-state index in [1.54, 1.807) is 0 Å². The lowest BCUT2D eigenvalue weighted by molar-refractivity contribution is -0.118. The number of anilines is 2. The zero-order valence-electron chi connectivity index (χ0n) is 17.0. The van der Waals surface area contributed by atoms with Gasteiger partial charge in [-0.05, 0) is 69.0 Å². The van der Waals surface area contributed by atoms with E-state index in [2.05, 4.69) is 29.3 Å². The molecule has 1 N–H and O–H groups in total. The van der Waals surface area contributed by atoms with Gasteiger partial charge in [-0.15, -0.1) is 0 Å². The molecule has 1 saturated heterocycles. The first kappa shape index (κ1) is 19.2. The third-order valence-corrected chi connectivity index (χ3v) is 5.43. The predicted octanol–water partition coefficient (Wildman–Crippen LogP) is 4.94. The number of aryl methyl sites for hydroxylation is 1. The molecule has 1 amide bonds. The number of benzene rings is 2. The fraction of sp³-hybridized carbons (Fsp3) is 0.333. The Labute approximate surface area is 171 Å². The van der Waals surface area contributed by atoms with Crippen LogP contribution in [-0.4, -0.2) is 30.1 Å². The predicted molar refractivity (Wildman–Crippen MR) is 118 cm³/mol. The number of amides is 1. The minimum Gasteiger partial charge on any atom is -0.481 e. The standard InChI is InChI=1S/C24H27N3O2/c1-17-7-5-10-20(15-17)25-23(28)16-29-21-11-6-9-19-12-13-22(26-24(19)21)27-14-4-3-8-18(27)2/h5-7,9-13,15,18H,3-4,8,14,16H2,1-2H3,(H,25,28). The number of fused-ring (bicyclic) bond motifs is 1. The summed E-state index contributed by atoms with van der Waals surface area (Å²) in [7, 11) is 0. The number of hydrogen-bond acceptors (Lipinski definition) is 4. The number of pyridine rings is 1. The molecule has 3 aromatic rings. The molecule has 0 spiro atoms. The molecule has 1 atom stereocenters. The third-order valence-electron chi connectivity index (χ3n) is 5.43. The summed E-state index contributed by atoms with van der Waals surface area (Å²) in [6.07, 6.45) is 3.66. The van der Waals surface area contributed by atoms with Gasteiger partial charge < -0.3 is 15.0 Å². The van der Waals surface area contributed by atoms with E-state index < -0.39 is 0 Å². The van der Waals surface area contributed by atoms with Crippen molar-refractivity contribution in [3.05, 3.63) is 60.2 Å². The molecule has 5 nitrogen and oxygen atoms in total. The molecule has 1 aliphatic rings. The van der Waals surface area contributed by atoms with Crippen molar-refractivity contribution in [2.24, 2.45) is 0 Å². The first-order valence-electron chi connectivity index (χ1n) is 10.3. The van der Waals surface area contributed by atoms with E-state index in [1.807, 2.05) is 49.4 Å². The highest BCUT2D eigenvalue weighted by Gasteiger charge is 2.20. The SMILES string of the molecule is Cc1cccc(NC(=O)COc2cccc3ccc(N4CCCCC4C)nc23)c1. The van der Waals surface area contributed by atoms with Gasteiger partial charge >= 0.3 is 0 Å². The van der Waals surface area contributed by atoms with E-state index in [0.29, 0.717) is 11.8 Å². The van der Waals surface area contributed by atoms with Gasteiger partial charge in [0.1, 0.15) is 17.1 Å². The van der Waals surface area contributed by atoms with E-state index in [-0.39, 0.29) is 12.5 Å². The van der Waals surface area contributed by atoms with Crippen LogP contribution in [-0.2, 0) is 4.79 Å². The molecular weight excluding hydrogens is 362 g/mol. The molecule has 2 heterocycles. The minimum atomic E-state index is -0.187. The largest absolute Gasteiger partial charge is 0.481 e. The molecular formula is C24H27N3O2. The second-order valence-electron chi connectivity index (χ2n) is 7.74. The number of hydrogen-bond donors (Lipinski definition) is 1. The lowest BCUT2D eigenvalue weighted by Gasteiger charge is -2.34. The Bertz CT molecular complexity index is 1020. The van der Waals surface area contributed by atoms with Crippen LogP contribution in [0.25, 0.3) is 10.9 Å². The normalized spacial score (nSPS) is 16.6. The summed E-state index contributed by atoms with van der Waals surface area (Å²) in [5, 5.41) is 3.89. The summed E-state index contributed by atoms with van der Waals surface area (Å²) in [5.74, 6) is 1.42. The molecule has 5 heteroatoms. The van der Waals surface area contributed by atoms with Gasteiger partial charge in [-0.25, -0.2) is 4.98 Å². The Morgan fingerprint density at radius 1 is 1.17 bits per heavy atom. The Hall–Kier alpha value is -3.08. The molecule has 1 unspecified atom stereocenters. The molecule has 29 heavy (non-hydrogen) atoms. The number of carbonyl (C=O) groups excluding carboxylic acids is 1. The van der Waals surface area contributed by atoms with Gasteiger partial charge in [0.25, 0.3) is 5.91 Å². The van der Waals surface area contributed by atoms with Crippen molar-refractivity contribution in [2.75, 3.05) is 23.4 Å². The van der Waals surface area contributed by atoms with Crippen LogP contribution in [0.3, 0.4) is 0 Å². The summed E-state index contributed by atoms with van der Waals surface area (Å²) < 4.78 is 5.86. The summed E-state index contributed by atoms with van der Waals surface area (Å²) in [6, 6.07) is 18.2. The molecule has 4 rings (SSSR count). The quantitative estimate of drug-likeness (QED) is 0.672. The summed E-state index contributed by atoms with van der Waals surface area (Å²) in [6.45, 7) is 5.22. The maximum Gasteiger partial charge on any atom is 0.262 e. The average Bonchev–Trinajstić information content (AvgIpc) is 2.72. The topological polar surface area (TPSA) is 54.5 Å². The van der Waals surface area contributed by atoms with Crippen molar-refractivity contribution < 1.29 is 9.53 Å². The van der Waals surface area contributed by atoms with Crippen LogP contribution in [0.4, 0.5) is 11.5 Å². The van der Waals surface area contributed by atoms with Crippen molar-refractivity contribution in [1.29, 1.82) is 0 Å². The summed E-state index contributed by atoms with van der Waals surface area (Å²) in [5.41, 5.74) is 2.67. The fourth-order valence-electron chi connectivity index (χ4n) is 3.89. The van der Waals surface area contributed by atoms with Gasteiger partial charge in [-0.1, -0.05) is 24.3 Å². The number of rotatable bonds is 5. The van der Waals surface area contributed by atoms with Crippen LogP contribution >= 0.6 is 0 Å². The van der Waals surface area contributed by atoms with Gasteiger partial charge in [0.2, 0.25) is 0 Å². The van der Waals surface area contributed by atoms with Gasteiger partial charge in [0.05, 0.1) is 0 Å². The van der Waals surface area contributed by atoms with E-state index in [1.165, 1.54) is 19.3 Å². The summed E-state index contributed by atoms with van der Waals surface area (Å²) in [4.78, 5) is 19.6. The Kier molecular flexibility index (Phi) is 5.65. The minimum absolute atomic E-state index is 0.0565. The van der Waals surface area contributed by atoms with E-state index in [9.17, 15) is 4.79 Å². The van der Waals surface area contributed by atoms with Crippen molar-refractivity contribution in [3.63, 3.8) is 0 Å². The van der Waals surface area contributed by atoms with Crippen LogP contribution in [0.2, 0.25) is 0 Å². The maximum absolute atomic E-state index is 12.3. The molecule has 1 fully saturated rings. The smallest absolute Gasteiger partial charge is 0.262 e. The lowest BCUT2D eigenvalue weighted by Crippen LogP contribution is -2.37. The second kappa shape index (κ2) is 8.52. The molecule has 0 aliphatic carbocycles. The van der Waals surface area contributed by atoms with E-state index in [0.717, 1.165) is 34.5 Å². The molecule has 0 saturated carbocycles. The molecule has 1 aliphatic heterocycles. The highest BCUT2D eigenvalue weighted by molar-refractivity contribution is 5.92. The molecule has 2 aromatic carbocycles. The number of piperidine rings is 1. The maximum atomic E-state index is 12.3. The molecule has 150 valence electrons. The third kappa shape index (κ3) is 4.50. The fourth-order valence-corrected chi connectivity index (χ4v) is 3.89. The van der Waals surface area contributed by atoms with Crippen LogP contribution in [0.5, 0.6) is 5.75 Å². The highest BCUT2D eigenvalue weighted by Crippen LogP contribution is 2.29. The van der Waals surface area contributed by atoms with Gasteiger partial charge in [-0.3, -0.25) is 4.79 Å². The monoisotopic (exact) mass is 389 g/mol. The number of para-hydroxylation sites is 1. The average molecular weight is 389 g/mol. The molecule has 0 radical (unpaired) electrons. The molecule has 0 bridgehead atoms. The van der Waals surface area contributed by atoms with Crippen LogP contribution in [0.1, 0.15) is 31.7 Å². The zero-order valence-corrected chi connectivity index (χ0v) is 17.0. The Morgan fingerprint density at radius 2 is 2.03 bits per heavy atom. The van der Waals surface area contributed by atoms with Crippen molar-refractivity contribution in [2.45, 2.75) is 39.2 Å². The number of carbonyl (C=O) groups is 1. The van der Waals surface area contributed by atoms with Crippen molar-refractivity contribution in [3.8, 4) is 5.75 Å². The Morgan fingerprint density at radius 3 is 2.86 bits per heavy atom. The Balaban J connectivity index is 1.50. The molecule has 1 aromatic heterocycles.